The van der Waals surface area contributed by atoms with Gasteiger partial charge in [0.15, 0.2) is 0 Å². The van der Waals surface area contributed by atoms with E-state index in [9.17, 15) is 13.2 Å². The van der Waals surface area contributed by atoms with Gasteiger partial charge in [-0.1, -0.05) is 18.2 Å². The predicted octanol–water partition coefficient (Wildman–Crippen LogP) is 2.61. The summed E-state index contributed by atoms with van der Waals surface area (Å²) in [6.45, 7) is 5.10. The largest absolute Gasteiger partial charge is 0.461 e. The number of aromatic amines is 1. The van der Waals surface area contributed by atoms with Crippen molar-refractivity contribution in [3.8, 4) is 0 Å². The number of H-pyrrole nitrogens is 1. The zero-order chi connectivity index (χ0) is 16.3. The van der Waals surface area contributed by atoms with Gasteiger partial charge in [0, 0.05) is 16.9 Å². The molecule has 2 N–H and O–H groups in total. The van der Waals surface area contributed by atoms with Crippen LogP contribution < -0.4 is 4.72 Å². The highest BCUT2D eigenvalue weighted by atomic mass is 32.2. The van der Waals surface area contributed by atoms with Gasteiger partial charge in [-0.25, -0.2) is 13.2 Å². The molecule has 118 valence electrons. The zero-order valence-corrected chi connectivity index (χ0v) is 13.5. The van der Waals surface area contributed by atoms with Crippen molar-refractivity contribution in [2.24, 2.45) is 0 Å². The molecule has 2 rings (SSSR count). The lowest BCUT2D eigenvalue weighted by Gasteiger charge is -2.08. The standard InChI is InChI=1S/C15H18N2O4S/c1-4-21-15(18)13-10(2)14(11(3)16-13)22(19,20)17-12-8-6-5-7-9-12/h5-9,16-17H,4H2,1-3H3. The quantitative estimate of drug-likeness (QED) is 0.828. The highest BCUT2D eigenvalue weighted by Crippen LogP contribution is 2.25. The highest BCUT2D eigenvalue weighted by Gasteiger charge is 2.27. The molecule has 0 aliphatic rings. The average molecular weight is 322 g/mol. The lowest BCUT2D eigenvalue weighted by atomic mass is 10.2. The fourth-order valence-electron chi connectivity index (χ4n) is 2.26. The van der Waals surface area contributed by atoms with Crippen LogP contribution >= 0.6 is 0 Å². The number of ether oxygens (including phenoxy) is 1. The van der Waals surface area contributed by atoms with Crippen LogP contribution in [0.5, 0.6) is 0 Å². The van der Waals surface area contributed by atoms with E-state index in [1.807, 2.05) is 0 Å². The summed E-state index contributed by atoms with van der Waals surface area (Å²) < 4.78 is 32.5. The van der Waals surface area contributed by atoms with E-state index in [1.54, 1.807) is 51.1 Å². The van der Waals surface area contributed by atoms with Crippen molar-refractivity contribution in [2.75, 3.05) is 11.3 Å². The van der Waals surface area contributed by atoms with Crippen LogP contribution in [-0.2, 0) is 14.8 Å². The first-order valence-corrected chi connectivity index (χ1v) is 8.29. The summed E-state index contributed by atoms with van der Waals surface area (Å²) in [6.07, 6.45) is 0. The van der Waals surface area contributed by atoms with Crippen molar-refractivity contribution in [3.63, 3.8) is 0 Å². The van der Waals surface area contributed by atoms with Crippen LogP contribution in [0.1, 0.15) is 28.7 Å². The maximum Gasteiger partial charge on any atom is 0.355 e. The minimum Gasteiger partial charge on any atom is -0.461 e. The minimum absolute atomic E-state index is 0.0689. The van der Waals surface area contributed by atoms with Crippen LogP contribution in [0.15, 0.2) is 35.2 Å². The lowest BCUT2D eigenvalue weighted by molar-refractivity contribution is 0.0519. The summed E-state index contributed by atoms with van der Waals surface area (Å²) in [5, 5.41) is 0. The van der Waals surface area contributed by atoms with E-state index in [1.165, 1.54) is 0 Å². The monoisotopic (exact) mass is 322 g/mol. The molecule has 0 aliphatic carbocycles. The number of carbonyl (C=O) groups excluding carboxylic acids is 1. The Hall–Kier alpha value is -2.28. The third kappa shape index (κ3) is 3.14. The molecule has 22 heavy (non-hydrogen) atoms. The molecule has 0 saturated heterocycles. The molecule has 2 aromatic rings. The van der Waals surface area contributed by atoms with Crippen molar-refractivity contribution in [1.29, 1.82) is 0 Å². The van der Waals surface area contributed by atoms with Crippen molar-refractivity contribution in [3.05, 3.63) is 47.3 Å². The number of benzene rings is 1. The van der Waals surface area contributed by atoms with Gasteiger partial charge in [0.1, 0.15) is 10.6 Å². The molecule has 0 aliphatic heterocycles. The van der Waals surface area contributed by atoms with E-state index in [0.717, 1.165) is 0 Å². The second kappa shape index (κ2) is 6.23. The average Bonchev–Trinajstić information content (AvgIpc) is 2.75. The summed E-state index contributed by atoms with van der Waals surface area (Å²) in [5.74, 6) is -0.565. The molecule has 1 aromatic carbocycles. The second-order valence-corrected chi connectivity index (χ2v) is 6.39. The number of anilines is 1. The molecule has 0 spiro atoms. The molecular weight excluding hydrogens is 304 g/mol. The molecule has 0 bridgehead atoms. The molecule has 1 aromatic heterocycles. The van der Waals surface area contributed by atoms with Crippen LogP contribution in [-0.4, -0.2) is 26.0 Å². The van der Waals surface area contributed by atoms with E-state index < -0.39 is 16.0 Å². The Morgan fingerprint density at radius 3 is 2.45 bits per heavy atom. The third-order valence-corrected chi connectivity index (χ3v) is 4.80. The number of carbonyl (C=O) groups is 1. The summed E-state index contributed by atoms with van der Waals surface area (Å²) >= 11 is 0. The van der Waals surface area contributed by atoms with E-state index in [0.29, 0.717) is 16.9 Å². The highest BCUT2D eigenvalue weighted by molar-refractivity contribution is 7.92. The van der Waals surface area contributed by atoms with Gasteiger partial charge in [0.05, 0.1) is 6.61 Å². The number of nitrogens with one attached hydrogen (secondary N) is 2. The van der Waals surface area contributed by atoms with Crippen LogP contribution in [0.3, 0.4) is 0 Å². The Balaban J connectivity index is 2.42. The Morgan fingerprint density at radius 1 is 1.23 bits per heavy atom. The maximum absolute atomic E-state index is 12.6. The fourth-order valence-corrected chi connectivity index (χ4v) is 3.76. The van der Waals surface area contributed by atoms with Crippen molar-refractivity contribution in [1.82, 2.24) is 4.98 Å². The van der Waals surface area contributed by atoms with Gasteiger partial charge in [-0.05, 0) is 32.9 Å². The van der Waals surface area contributed by atoms with Gasteiger partial charge in [-0.15, -0.1) is 0 Å². The van der Waals surface area contributed by atoms with Gasteiger partial charge in [-0.3, -0.25) is 4.72 Å². The van der Waals surface area contributed by atoms with Gasteiger partial charge < -0.3 is 9.72 Å². The first-order valence-electron chi connectivity index (χ1n) is 6.81. The van der Waals surface area contributed by atoms with Crippen LogP contribution in [0.4, 0.5) is 5.69 Å². The number of para-hydroxylation sites is 1. The zero-order valence-electron chi connectivity index (χ0n) is 12.6. The van der Waals surface area contributed by atoms with E-state index in [4.69, 9.17) is 4.74 Å². The molecule has 0 fully saturated rings. The van der Waals surface area contributed by atoms with Gasteiger partial charge in [0.25, 0.3) is 10.0 Å². The van der Waals surface area contributed by atoms with E-state index in [2.05, 4.69) is 9.71 Å². The molecular formula is C15H18N2O4S. The first kappa shape index (κ1) is 16.1. The van der Waals surface area contributed by atoms with Crippen LogP contribution in [0.25, 0.3) is 0 Å². The van der Waals surface area contributed by atoms with Crippen molar-refractivity contribution >= 4 is 21.7 Å². The molecule has 0 atom stereocenters. The molecule has 0 radical (unpaired) electrons. The molecule has 0 saturated carbocycles. The Morgan fingerprint density at radius 2 is 1.86 bits per heavy atom. The summed E-state index contributed by atoms with van der Waals surface area (Å²) in [7, 11) is -3.79. The molecule has 1 heterocycles. The fraction of sp³-hybridized carbons (Fsp3) is 0.267. The van der Waals surface area contributed by atoms with Gasteiger partial charge in [-0.2, -0.15) is 0 Å². The number of hydrogen-bond donors (Lipinski definition) is 2. The number of sulfonamides is 1. The lowest BCUT2D eigenvalue weighted by Crippen LogP contribution is -2.15. The van der Waals surface area contributed by atoms with Crippen LogP contribution in [0, 0.1) is 13.8 Å². The topological polar surface area (TPSA) is 88.3 Å². The number of hydrogen-bond acceptors (Lipinski definition) is 4. The van der Waals surface area contributed by atoms with Crippen molar-refractivity contribution < 1.29 is 17.9 Å². The Labute approximate surface area is 129 Å². The molecule has 7 heteroatoms. The molecule has 6 nitrogen and oxygen atoms in total. The van der Waals surface area contributed by atoms with Crippen molar-refractivity contribution in [2.45, 2.75) is 25.7 Å². The van der Waals surface area contributed by atoms with Gasteiger partial charge >= 0.3 is 5.97 Å². The Kier molecular flexibility index (Phi) is 4.56. The number of aromatic nitrogens is 1. The third-order valence-electron chi connectivity index (χ3n) is 3.14. The number of rotatable bonds is 5. The van der Waals surface area contributed by atoms with E-state index >= 15 is 0 Å². The Bertz CT molecular complexity index is 779. The van der Waals surface area contributed by atoms with E-state index in [-0.39, 0.29) is 17.2 Å². The summed E-state index contributed by atoms with van der Waals surface area (Å²) in [4.78, 5) is 14.7. The van der Waals surface area contributed by atoms with Crippen LogP contribution in [0.2, 0.25) is 0 Å². The molecule has 0 unspecified atom stereocenters. The molecule has 0 amide bonds. The smallest absolute Gasteiger partial charge is 0.355 e. The number of aryl methyl sites for hydroxylation is 1. The number of esters is 1. The predicted molar refractivity (Wildman–Crippen MR) is 83.5 cm³/mol. The normalized spacial score (nSPS) is 11.2. The van der Waals surface area contributed by atoms with Gasteiger partial charge in [0.2, 0.25) is 0 Å². The maximum atomic E-state index is 12.6. The minimum atomic E-state index is -3.79. The first-order chi connectivity index (χ1) is 10.4. The summed E-state index contributed by atoms with van der Waals surface area (Å²) in [6, 6.07) is 8.57. The second-order valence-electron chi connectivity index (χ2n) is 4.77. The summed E-state index contributed by atoms with van der Waals surface area (Å²) in [5.41, 5.74) is 1.36. The SMILES string of the molecule is CCOC(=O)c1[nH]c(C)c(S(=O)(=O)Nc2ccccc2)c1C.